The molecule has 2 rings (SSSR count). The Labute approximate surface area is 103 Å². The lowest BCUT2D eigenvalue weighted by Gasteiger charge is -2.03. The van der Waals surface area contributed by atoms with Gasteiger partial charge in [-0.25, -0.2) is 4.98 Å². The largest absolute Gasteiger partial charge is 0.444 e. The summed E-state index contributed by atoms with van der Waals surface area (Å²) in [5.74, 6) is 0.657. The molecule has 0 spiro atoms. The summed E-state index contributed by atoms with van der Waals surface area (Å²) in [6.07, 6.45) is 1.69. The quantitative estimate of drug-likeness (QED) is 0.937. The zero-order valence-corrected chi connectivity index (χ0v) is 10.8. The Morgan fingerprint density at radius 2 is 2.00 bits per heavy atom. The highest BCUT2D eigenvalue weighted by Gasteiger charge is 2.10. The Hall–Kier alpha value is -1.13. The number of oxazole rings is 1. The smallest absolute Gasteiger partial charge is 0.226 e. The molecule has 0 radical (unpaired) electrons. The number of hydrogen-bond donors (Lipinski definition) is 1. The topological polar surface area (TPSA) is 38.1 Å². The molecule has 1 aromatic carbocycles. The Morgan fingerprint density at radius 3 is 2.62 bits per heavy atom. The van der Waals surface area contributed by atoms with Gasteiger partial charge in [-0.2, -0.15) is 0 Å². The summed E-state index contributed by atoms with van der Waals surface area (Å²) >= 11 is 3.40. The van der Waals surface area contributed by atoms with Crippen LogP contribution in [-0.4, -0.2) is 12.0 Å². The average molecular weight is 281 g/mol. The minimum absolute atomic E-state index is 0.202. The Morgan fingerprint density at radius 1 is 1.31 bits per heavy atom. The van der Waals surface area contributed by atoms with Crippen LogP contribution in [0, 0.1) is 0 Å². The summed E-state index contributed by atoms with van der Waals surface area (Å²) in [6, 6.07) is 8.10. The molecule has 3 nitrogen and oxygen atoms in total. The summed E-state index contributed by atoms with van der Waals surface area (Å²) in [5.41, 5.74) is 1.90. The predicted molar refractivity (Wildman–Crippen MR) is 67.1 cm³/mol. The van der Waals surface area contributed by atoms with Crippen molar-refractivity contribution in [3.8, 4) is 11.5 Å². The van der Waals surface area contributed by atoms with Crippen LogP contribution in [0.1, 0.15) is 18.7 Å². The maximum atomic E-state index is 5.45. The average Bonchev–Trinajstić information content (AvgIpc) is 2.78. The molecule has 1 heterocycles. The van der Waals surface area contributed by atoms with Crippen LogP contribution >= 0.6 is 15.9 Å². The number of rotatable bonds is 3. The third-order valence-electron chi connectivity index (χ3n) is 2.49. The van der Waals surface area contributed by atoms with E-state index in [-0.39, 0.29) is 6.04 Å². The third kappa shape index (κ3) is 2.33. The van der Waals surface area contributed by atoms with Gasteiger partial charge in [0.1, 0.15) is 6.26 Å². The van der Waals surface area contributed by atoms with E-state index in [0.717, 1.165) is 15.7 Å². The van der Waals surface area contributed by atoms with Gasteiger partial charge >= 0.3 is 0 Å². The Balaban J connectivity index is 2.28. The van der Waals surface area contributed by atoms with Gasteiger partial charge in [0.05, 0.1) is 5.69 Å². The number of nitrogens with one attached hydrogen (secondary N) is 1. The number of benzene rings is 1. The minimum Gasteiger partial charge on any atom is -0.444 e. The molecule has 1 N–H and O–H groups in total. The van der Waals surface area contributed by atoms with Crippen LogP contribution in [0.25, 0.3) is 11.5 Å². The van der Waals surface area contributed by atoms with Gasteiger partial charge in [-0.3, -0.25) is 0 Å². The molecule has 1 unspecified atom stereocenters. The van der Waals surface area contributed by atoms with Crippen LogP contribution in [0.3, 0.4) is 0 Å². The van der Waals surface area contributed by atoms with Crippen molar-refractivity contribution in [1.29, 1.82) is 0 Å². The lowest BCUT2D eigenvalue weighted by Crippen LogP contribution is -2.12. The van der Waals surface area contributed by atoms with Crippen LogP contribution < -0.4 is 5.32 Å². The van der Waals surface area contributed by atoms with E-state index >= 15 is 0 Å². The SMILES string of the molecule is CNC(C)c1coc(-c2ccc(Br)cc2)n1. The van der Waals surface area contributed by atoms with Gasteiger partial charge in [-0.15, -0.1) is 0 Å². The molecular formula is C12H13BrN2O. The summed E-state index contributed by atoms with van der Waals surface area (Å²) in [6.45, 7) is 2.04. The zero-order chi connectivity index (χ0) is 11.5. The van der Waals surface area contributed by atoms with Crippen molar-refractivity contribution in [2.24, 2.45) is 0 Å². The lowest BCUT2D eigenvalue weighted by atomic mass is 10.2. The summed E-state index contributed by atoms with van der Waals surface area (Å²) in [4.78, 5) is 4.44. The molecule has 0 bridgehead atoms. The molecular weight excluding hydrogens is 268 g/mol. The normalized spacial score (nSPS) is 12.7. The van der Waals surface area contributed by atoms with Crippen molar-refractivity contribution in [3.63, 3.8) is 0 Å². The highest BCUT2D eigenvalue weighted by Crippen LogP contribution is 2.22. The summed E-state index contributed by atoms with van der Waals surface area (Å²) in [7, 11) is 1.90. The van der Waals surface area contributed by atoms with Gasteiger partial charge in [0.25, 0.3) is 0 Å². The first-order chi connectivity index (χ1) is 7.70. The fraction of sp³-hybridized carbons (Fsp3) is 0.250. The van der Waals surface area contributed by atoms with E-state index in [1.54, 1.807) is 6.26 Å². The molecule has 16 heavy (non-hydrogen) atoms. The number of aromatic nitrogens is 1. The molecule has 0 aliphatic rings. The van der Waals surface area contributed by atoms with Gasteiger partial charge in [0.15, 0.2) is 0 Å². The maximum absolute atomic E-state index is 5.45. The standard InChI is InChI=1S/C12H13BrN2O/c1-8(14-2)11-7-16-12(15-11)9-3-5-10(13)6-4-9/h3-8,14H,1-2H3. The molecule has 0 amide bonds. The van der Waals surface area contributed by atoms with E-state index in [0.29, 0.717) is 5.89 Å². The van der Waals surface area contributed by atoms with E-state index in [2.05, 4.69) is 26.2 Å². The first-order valence-electron chi connectivity index (χ1n) is 5.09. The van der Waals surface area contributed by atoms with Crippen molar-refractivity contribution in [3.05, 3.63) is 40.7 Å². The first kappa shape index (κ1) is 11.4. The van der Waals surface area contributed by atoms with Crippen molar-refractivity contribution in [1.82, 2.24) is 10.3 Å². The van der Waals surface area contributed by atoms with E-state index < -0.39 is 0 Å². The molecule has 0 aliphatic heterocycles. The van der Waals surface area contributed by atoms with Gasteiger partial charge in [0, 0.05) is 16.1 Å². The molecule has 0 saturated carbocycles. The minimum atomic E-state index is 0.202. The molecule has 4 heteroatoms. The highest BCUT2D eigenvalue weighted by molar-refractivity contribution is 9.10. The van der Waals surface area contributed by atoms with Crippen molar-refractivity contribution < 1.29 is 4.42 Å². The number of hydrogen-bond acceptors (Lipinski definition) is 3. The maximum Gasteiger partial charge on any atom is 0.226 e. The second-order valence-electron chi connectivity index (χ2n) is 3.59. The van der Waals surface area contributed by atoms with E-state index in [4.69, 9.17) is 4.42 Å². The fourth-order valence-corrected chi connectivity index (χ4v) is 1.62. The van der Waals surface area contributed by atoms with Crippen LogP contribution in [0.15, 0.2) is 39.4 Å². The highest BCUT2D eigenvalue weighted by atomic mass is 79.9. The summed E-state index contributed by atoms with van der Waals surface area (Å²) in [5, 5.41) is 3.13. The van der Waals surface area contributed by atoms with Gasteiger partial charge < -0.3 is 9.73 Å². The van der Waals surface area contributed by atoms with Gasteiger partial charge in [-0.05, 0) is 38.2 Å². The molecule has 0 fully saturated rings. The monoisotopic (exact) mass is 280 g/mol. The third-order valence-corrected chi connectivity index (χ3v) is 3.02. The summed E-state index contributed by atoms with van der Waals surface area (Å²) < 4.78 is 6.49. The van der Waals surface area contributed by atoms with Gasteiger partial charge in [0.2, 0.25) is 5.89 Å². The predicted octanol–water partition coefficient (Wildman–Crippen LogP) is 3.38. The molecule has 1 atom stereocenters. The lowest BCUT2D eigenvalue weighted by molar-refractivity contribution is 0.564. The molecule has 0 aliphatic carbocycles. The molecule has 0 saturated heterocycles. The fourth-order valence-electron chi connectivity index (χ4n) is 1.36. The molecule has 1 aromatic heterocycles. The van der Waals surface area contributed by atoms with E-state index in [9.17, 15) is 0 Å². The van der Waals surface area contributed by atoms with Crippen molar-refractivity contribution in [2.45, 2.75) is 13.0 Å². The molecule has 2 aromatic rings. The van der Waals surface area contributed by atoms with Crippen LogP contribution in [0.5, 0.6) is 0 Å². The Bertz CT molecular complexity index is 464. The van der Waals surface area contributed by atoms with E-state index in [1.807, 2.05) is 38.2 Å². The zero-order valence-electron chi connectivity index (χ0n) is 9.20. The van der Waals surface area contributed by atoms with Crippen LogP contribution in [-0.2, 0) is 0 Å². The van der Waals surface area contributed by atoms with Crippen molar-refractivity contribution in [2.75, 3.05) is 7.05 Å². The number of halogens is 1. The van der Waals surface area contributed by atoms with Crippen molar-refractivity contribution >= 4 is 15.9 Å². The second kappa shape index (κ2) is 4.80. The number of nitrogens with zero attached hydrogens (tertiary/aromatic N) is 1. The Kier molecular flexibility index (Phi) is 3.41. The molecule has 84 valence electrons. The van der Waals surface area contributed by atoms with Crippen LogP contribution in [0.4, 0.5) is 0 Å². The first-order valence-corrected chi connectivity index (χ1v) is 5.88. The second-order valence-corrected chi connectivity index (χ2v) is 4.51. The van der Waals surface area contributed by atoms with Crippen LogP contribution in [0.2, 0.25) is 0 Å². The van der Waals surface area contributed by atoms with E-state index in [1.165, 1.54) is 0 Å². The van der Waals surface area contributed by atoms with Gasteiger partial charge in [-0.1, -0.05) is 15.9 Å².